The molecule has 102 valence electrons. The predicted octanol–water partition coefficient (Wildman–Crippen LogP) is 2.46. The van der Waals surface area contributed by atoms with Gasteiger partial charge in [-0.25, -0.2) is 8.78 Å². The fourth-order valence-corrected chi connectivity index (χ4v) is 1.04. The van der Waals surface area contributed by atoms with Gasteiger partial charge < -0.3 is 0 Å². The molecule has 0 unspecified atom stereocenters. The first-order valence-electron chi connectivity index (χ1n) is 4.53. The monoisotopic (exact) mass is 278 g/mol. The quantitative estimate of drug-likeness (QED) is 0.505. The molecule has 0 aliphatic rings. The first-order chi connectivity index (χ1) is 8.82. The van der Waals surface area contributed by atoms with Crippen LogP contribution in [0.3, 0.4) is 0 Å². The third kappa shape index (κ3) is 3.62. The molecule has 1 rings (SSSR count). The highest BCUT2D eigenvalue weighted by molar-refractivity contribution is 5.79. The Hall–Kier alpha value is -2.72. The van der Waals surface area contributed by atoms with Gasteiger partial charge in [0.2, 0.25) is 0 Å². The fraction of sp³-hybridized carbons (Fsp3) is 0.125. The Morgan fingerprint density at radius 1 is 1.26 bits per heavy atom. The van der Waals surface area contributed by atoms with Crippen LogP contribution in [0.4, 0.5) is 30.2 Å². The maximum Gasteiger partial charge on any atom is 0.308 e. The van der Waals surface area contributed by atoms with Crippen LogP contribution >= 0.6 is 0 Å². The SMILES string of the molecule is O=[N+]([O-])c1ccc(NN=C(F)C(F)F)c([N+](=O)[O-])c1. The van der Waals surface area contributed by atoms with Gasteiger partial charge in [0.25, 0.3) is 11.7 Å². The van der Waals surface area contributed by atoms with Gasteiger partial charge in [-0.3, -0.25) is 25.7 Å². The van der Waals surface area contributed by atoms with Crippen LogP contribution in [-0.2, 0) is 0 Å². The molecule has 0 fully saturated rings. The molecule has 0 heterocycles. The van der Waals surface area contributed by atoms with Crippen LogP contribution in [0, 0.1) is 20.2 Å². The van der Waals surface area contributed by atoms with Crippen molar-refractivity contribution in [3.05, 3.63) is 38.4 Å². The summed E-state index contributed by atoms with van der Waals surface area (Å²) in [6.07, 6.45) is -3.47. The van der Waals surface area contributed by atoms with Gasteiger partial charge >= 0.3 is 12.1 Å². The van der Waals surface area contributed by atoms with Crippen LogP contribution in [-0.4, -0.2) is 22.2 Å². The molecule has 1 N–H and O–H groups in total. The second-order valence-electron chi connectivity index (χ2n) is 3.06. The van der Waals surface area contributed by atoms with Crippen LogP contribution in [0.2, 0.25) is 0 Å². The molecule has 1 aromatic rings. The summed E-state index contributed by atoms with van der Waals surface area (Å²) >= 11 is 0. The third-order valence-corrected chi connectivity index (χ3v) is 1.85. The van der Waals surface area contributed by atoms with Crippen molar-refractivity contribution < 1.29 is 23.0 Å². The average molecular weight is 278 g/mol. The Balaban J connectivity index is 3.11. The van der Waals surface area contributed by atoms with E-state index in [2.05, 4.69) is 5.10 Å². The normalized spacial score (nSPS) is 11.5. The first kappa shape index (κ1) is 14.3. The van der Waals surface area contributed by atoms with Crippen LogP contribution < -0.4 is 5.43 Å². The second-order valence-corrected chi connectivity index (χ2v) is 3.06. The first-order valence-corrected chi connectivity index (χ1v) is 4.53. The molecule has 0 saturated carbocycles. The number of hydrogen-bond donors (Lipinski definition) is 1. The summed E-state index contributed by atoms with van der Waals surface area (Å²) in [5.74, 6) is -2.06. The summed E-state index contributed by atoms with van der Waals surface area (Å²) in [4.78, 5) is 19.2. The standard InChI is InChI=1S/C8H5F3N4O4/c9-7(10)8(11)13-12-5-2-1-4(14(16)17)3-6(5)15(18)19/h1-3,7,12H. The van der Waals surface area contributed by atoms with Gasteiger partial charge in [0.05, 0.1) is 15.9 Å². The minimum atomic E-state index is -3.47. The maximum atomic E-state index is 12.4. The molecule has 0 radical (unpaired) electrons. The highest BCUT2D eigenvalue weighted by Gasteiger charge is 2.20. The van der Waals surface area contributed by atoms with Gasteiger partial charge in [-0.05, 0) is 6.07 Å². The van der Waals surface area contributed by atoms with E-state index in [1.807, 2.05) is 0 Å². The molecule has 1 aromatic carbocycles. The third-order valence-electron chi connectivity index (χ3n) is 1.85. The molecule has 0 bridgehead atoms. The van der Waals surface area contributed by atoms with Crippen molar-refractivity contribution in [1.29, 1.82) is 0 Å². The summed E-state index contributed by atoms with van der Waals surface area (Å²) < 4.78 is 36.0. The van der Waals surface area contributed by atoms with Crippen molar-refractivity contribution in [2.75, 3.05) is 5.43 Å². The number of hydrazone groups is 1. The van der Waals surface area contributed by atoms with E-state index in [9.17, 15) is 33.4 Å². The van der Waals surface area contributed by atoms with E-state index < -0.39 is 39.3 Å². The van der Waals surface area contributed by atoms with Crippen molar-refractivity contribution in [1.82, 2.24) is 0 Å². The number of alkyl halides is 2. The van der Waals surface area contributed by atoms with E-state index in [1.165, 1.54) is 0 Å². The Labute approximate surface area is 102 Å². The Morgan fingerprint density at radius 3 is 2.37 bits per heavy atom. The summed E-state index contributed by atoms with van der Waals surface area (Å²) in [6, 6.07) is 2.34. The number of nitro benzene ring substituents is 2. The predicted molar refractivity (Wildman–Crippen MR) is 57.9 cm³/mol. The molecule has 0 aliphatic carbocycles. The number of rotatable bonds is 5. The number of nitro groups is 2. The maximum absolute atomic E-state index is 12.4. The largest absolute Gasteiger partial charge is 0.308 e. The lowest BCUT2D eigenvalue weighted by Crippen LogP contribution is -2.07. The van der Waals surface area contributed by atoms with Crippen molar-refractivity contribution >= 4 is 23.0 Å². The lowest BCUT2D eigenvalue weighted by molar-refractivity contribution is -0.393. The zero-order chi connectivity index (χ0) is 14.6. The lowest BCUT2D eigenvalue weighted by Gasteiger charge is -2.02. The molecule has 19 heavy (non-hydrogen) atoms. The van der Waals surface area contributed by atoms with Gasteiger partial charge in [-0.15, -0.1) is 5.10 Å². The topological polar surface area (TPSA) is 111 Å². The second kappa shape index (κ2) is 5.75. The highest BCUT2D eigenvalue weighted by Crippen LogP contribution is 2.28. The van der Waals surface area contributed by atoms with E-state index in [0.29, 0.717) is 6.07 Å². The Bertz CT molecular complexity index is 549. The number of anilines is 1. The minimum absolute atomic E-state index is 0.452. The minimum Gasteiger partial charge on any atom is -0.269 e. The Kier molecular flexibility index (Phi) is 4.34. The van der Waals surface area contributed by atoms with E-state index in [0.717, 1.165) is 12.1 Å². The van der Waals surface area contributed by atoms with Gasteiger partial charge in [-0.2, -0.15) is 4.39 Å². The summed E-state index contributed by atoms with van der Waals surface area (Å²) in [5, 5.41) is 23.6. The number of nitrogens with one attached hydrogen (secondary N) is 1. The number of nitrogens with zero attached hydrogens (tertiary/aromatic N) is 3. The van der Waals surface area contributed by atoms with Crippen LogP contribution in [0.25, 0.3) is 0 Å². The number of benzene rings is 1. The van der Waals surface area contributed by atoms with Crippen LogP contribution in [0.15, 0.2) is 23.3 Å². The molecular weight excluding hydrogens is 273 g/mol. The molecule has 0 aromatic heterocycles. The summed E-state index contributed by atoms with van der Waals surface area (Å²) in [6.45, 7) is 0. The van der Waals surface area contributed by atoms with Crippen molar-refractivity contribution in [3.8, 4) is 0 Å². The van der Waals surface area contributed by atoms with Gasteiger partial charge in [0.1, 0.15) is 5.69 Å². The van der Waals surface area contributed by atoms with Gasteiger partial charge in [-0.1, -0.05) is 0 Å². The fourth-order valence-electron chi connectivity index (χ4n) is 1.04. The van der Waals surface area contributed by atoms with Crippen LogP contribution in [0.5, 0.6) is 0 Å². The zero-order valence-electron chi connectivity index (χ0n) is 8.92. The number of halogens is 3. The zero-order valence-corrected chi connectivity index (χ0v) is 8.92. The molecule has 0 atom stereocenters. The molecule has 0 spiro atoms. The lowest BCUT2D eigenvalue weighted by atomic mass is 10.2. The van der Waals surface area contributed by atoms with Crippen LogP contribution in [0.1, 0.15) is 0 Å². The van der Waals surface area contributed by atoms with Gasteiger partial charge in [0, 0.05) is 6.07 Å². The molecule has 11 heteroatoms. The highest BCUT2D eigenvalue weighted by atomic mass is 19.3. The smallest absolute Gasteiger partial charge is 0.269 e. The van der Waals surface area contributed by atoms with Crippen molar-refractivity contribution in [2.24, 2.45) is 5.10 Å². The molecule has 0 saturated heterocycles. The summed E-state index contributed by atoms with van der Waals surface area (Å²) in [5.41, 5.74) is -0.107. The van der Waals surface area contributed by atoms with Crippen molar-refractivity contribution in [2.45, 2.75) is 6.43 Å². The van der Waals surface area contributed by atoms with Crippen molar-refractivity contribution in [3.63, 3.8) is 0 Å². The van der Waals surface area contributed by atoms with E-state index in [1.54, 1.807) is 5.43 Å². The molecule has 0 amide bonds. The molecule has 8 nitrogen and oxygen atoms in total. The van der Waals surface area contributed by atoms with E-state index >= 15 is 0 Å². The van der Waals surface area contributed by atoms with Gasteiger partial charge in [0.15, 0.2) is 0 Å². The van der Waals surface area contributed by atoms with E-state index in [4.69, 9.17) is 0 Å². The molecular formula is C8H5F3N4O4. The molecule has 0 aliphatic heterocycles. The number of non-ortho nitro benzene ring substituents is 1. The van der Waals surface area contributed by atoms with E-state index in [-0.39, 0.29) is 0 Å². The number of hydrogen-bond acceptors (Lipinski definition) is 6. The average Bonchev–Trinajstić information content (AvgIpc) is 2.35. The summed E-state index contributed by atoms with van der Waals surface area (Å²) in [7, 11) is 0. The Morgan fingerprint density at radius 2 is 1.89 bits per heavy atom.